The Balaban J connectivity index is 1.95. The minimum Gasteiger partial charge on any atom is -0.481 e. The van der Waals surface area contributed by atoms with Gasteiger partial charge in [0.15, 0.2) is 0 Å². The van der Waals surface area contributed by atoms with Gasteiger partial charge in [-0.05, 0) is 17.9 Å². The van der Waals surface area contributed by atoms with E-state index in [0.717, 1.165) is 6.42 Å². The van der Waals surface area contributed by atoms with Crippen molar-refractivity contribution in [3.05, 3.63) is 35.9 Å². The molecule has 0 aliphatic heterocycles. The Morgan fingerprint density at radius 1 is 1.47 bits per heavy atom. The van der Waals surface area contributed by atoms with Gasteiger partial charge in [0.25, 0.3) is 0 Å². The number of carbonyl (C=O) groups is 1. The van der Waals surface area contributed by atoms with Crippen molar-refractivity contribution in [1.82, 2.24) is 0 Å². The highest BCUT2D eigenvalue weighted by Gasteiger charge is 2.44. The number of carboxylic acid groups (broad SMARTS) is 1. The van der Waals surface area contributed by atoms with Gasteiger partial charge >= 0.3 is 5.97 Å². The number of hydrogen-bond acceptors (Lipinski definition) is 2. The van der Waals surface area contributed by atoms with Crippen LogP contribution in [0, 0.1) is 0 Å². The normalized spacial score (nSPS) is 26.2. The maximum atomic E-state index is 12.1. The predicted molar refractivity (Wildman–Crippen MR) is 67.4 cm³/mol. The van der Waals surface area contributed by atoms with Crippen molar-refractivity contribution in [2.24, 2.45) is 0 Å². The Hall–Kier alpha value is -1.16. The van der Waals surface area contributed by atoms with Crippen LogP contribution in [0.15, 0.2) is 30.3 Å². The number of carboxylic acids is 1. The van der Waals surface area contributed by atoms with Crippen LogP contribution in [-0.4, -0.2) is 25.8 Å². The molecular formula is C13H16O3S. The first kappa shape index (κ1) is 12.3. The molecule has 1 aliphatic rings. The van der Waals surface area contributed by atoms with E-state index >= 15 is 0 Å². The molecule has 0 spiro atoms. The summed E-state index contributed by atoms with van der Waals surface area (Å²) in [4.78, 5) is 10.6. The molecule has 1 aromatic rings. The lowest BCUT2D eigenvalue weighted by atomic mass is 10.1. The lowest BCUT2D eigenvalue weighted by molar-refractivity contribution is -0.136. The largest absolute Gasteiger partial charge is 0.481 e. The van der Waals surface area contributed by atoms with E-state index in [1.54, 1.807) is 6.92 Å². The Labute approximate surface area is 103 Å². The van der Waals surface area contributed by atoms with Crippen LogP contribution in [0.1, 0.15) is 31.2 Å². The Morgan fingerprint density at radius 3 is 2.71 bits per heavy atom. The van der Waals surface area contributed by atoms with E-state index in [0.29, 0.717) is 5.92 Å². The summed E-state index contributed by atoms with van der Waals surface area (Å²) in [5.41, 5.74) is 1.22. The first-order valence-corrected chi connectivity index (χ1v) is 7.03. The first-order chi connectivity index (χ1) is 8.09. The summed E-state index contributed by atoms with van der Waals surface area (Å²) in [7, 11) is -1.04. The molecule has 17 heavy (non-hydrogen) atoms. The third kappa shape index (κ3) is 2.94. The minimum atomic E-state index is -1.04. The summed E-state index contributed by atoms with van der Waals surface area (Å²) >= 11 is 0. The van der Waals surface area contributed by atoms with E-state index in [1.807, 2.05) is 30.3 Å². The summed E-state index contributed by atoms with van der Waals surface area (Å²) in [5, 5.41) is 8.57. The van der Waals surface area contributed by atoms with E-state index in [-0.39, 0.29) is 16.9 Å². The van der Waals surface area contributed by atoms with Crippen molar-refractivity contribution < 1.29 is 14.1 Å². The number of aliphatic carboxylic acids is 1. The van der Waals surface area contributed by atoms with Gasteiger partial charge in [0.1, 0.15) is 0 Å². The van der Waals surface area contributed by atoms with E-state index in [9.17, 15) is 9.00 Å². The highest BCUT2D eigenvalue weighted by Crippen LogP contribution is 2.45. The SMILES string of the molecule is CC(CC(=O)O)S(=O)C1CC1c1ccccc1. The molecule has 1 fully saturated rings. The fourth-order valence-corrected chi connectivity index (χ4v) is 3.89. The molecule has 4 unspecified atom stereocenters. The van der Waals surface area contributed by atoms with E-state index in [2.05, 4.69) is 0 Å². The second-order valence-corrected chi connectivity index (χ2v) is 6.60. The van der Waals surface area contributed by atoms with Crippen LogP contribution in [0.25, 0.3) is 0 Å². The molecule has 1 N–H and O–H groups in total. The van der Waals surface area contributed by atoms with Crippen LogP contribution in [-0.2, 0) is 15.6 Å². The second-order valence-electron chi connectivity index (χ2n) is 4.53. The summed E-state index contributed by atoms with van der Waals surface area (Å²) < 4.78 is 12.1. The second kappa shape index (κ2) is 5.00. The summed E-state index contributed by atoms with van der Waals surface area (Å²) in [6.45, 7) is 1.75. The number of rotatable bonds is 5. The maximum Gasteiger partial charge on any atom is 0.304 e. The topological polar surface area (TPSA) is 54.4 Å². The molecule has 1 aliphatic carbocycles. The molecule has 0 heterocycles. The molecule has 4 heteroatoms. The van der Waals surface area contributed by atoms with E-state index in [4.69, 9.17) is 5.11 Å². The first-order valence-electron chi connectivity index (χ1n) is 5.75. The van der Waals surface area contributed by atoms with Gasteiger partial charge in [0.2, 0.25) is 0 Å². The van der Waals surface area contributed by atoms with Gasteiger partial charge in [-0.2, -0.15) is 0 Å². The van der Waals surface area contributed by atoms with Gasteiger partial charge in [-0.3, -0.25) is 9.00 Å². The molecule has 4 atom stereocenters. The Bertz CT molecular complexity index is 430. The van der Waals surface area contributed by atoms with Crippen LogP contribution >= 0.6 is 0 Å². The van der Waals surface area contributed by atoms with Gasteiger partial charge in [0, 0.05) is 21.3 Å². The van der Waals surface area contributed by atoms with Crippen molar-refractivity contribution in [3.8, 4) is 0 Å². The van der Waals surface area contributed by atoms with Crippen LogP contribution in [0.3, 0.4) is 0 Å². The van der Waals surface area contributed by atoms with Crippen molar-refractivity contribution in [1.29, 1.82) is 0 Å². The van der Waals surface area contributed by atoms with Crippen molar-refractivity contribution >= 4 is 16.8 Å². The van der Waals surface area contributed by atoms with Gasteiger partial charge < -0.3 is 5.11 Å². The van der Waals surface area contributed by atoms with E-state index in [1.165, 1.54) is 5.56 Å². The van der Waals surface area contributed by atoms with Crippen molar-refractivity contribution in [2.45, 2.75) is 36.2 Å². The quantitative estimate of drug-likeness (QED) is 0.873. The lowest BCUT2D eigenvalue weighted by Crippen LogP contribution is -2.19. The standard InChI is InChI=1S/C13H16O3S/c1-9(7-13(14)15)17(16)12-8-11(12)10-5-3-2-4-6-10/h2-6,9,11-12H,7-8H2,1H3,(H,14,15). The third-order valence-corrected chi connectivity index (χ3v) is 5.19. The van der Waals surface area contributed by atoms with Crippen LogP contribution in [0.2, 0.25) is 0 Å². The van der Waals surface area contributed by atoms with Crippen LogP contribution in [0.5, 0.6) is 0 Å². The van der Waals surface area contributed by atoms with E-state index < -0.39 is 16.8 Å². The summed E-state index contributed by atoms with van der Waals surface area (Å²) in [5.74, 6) is -0.518. The number of benzene rings is 1. The average molecular weight is 252 g/mol. The lowest BCUT2D eigenvalue weighted by Gasteiger charge is -2.08. The zero-order valence-corrected chi connectivity index (χ0v) is 10.5. The van der Waals surface area contributed by atoms with Crippen LogP contribution in [0.4, 0.5) is 0 Å². The smallest absolute Gasteiger partial charge is 0.304 e. The van der Waals surface area contributed by atoms with Crippen molar-refractivity contribution in [2.75, 3.05) is 0 Å². The molecule has 92 valence electrons. The third-order valence-electron chi connectivity index (χ3n) is 3.12. The van der Waals surface area contributed by atoms with Gasteiger partial charge in [-0.15, -0.1) is 0 Å². The molecule has 0 radical (unpaired) electrons. The molecule has 2 rings (SSSR count). The zero-order chi connectivity index (χ0) is 12.4. The number of hydrogen-bond donors (Lipinski definition) is 1. The summed E-state index contributed by atoms with van der Waals surface area (Å²) in [6.07, 6.45) is 0.908. The molecule has 1 aromatic carbocycles. The fraction of sp³-hybridized carbons (Fsp3) is 0.462. The molecule has 0 saturated heterocycles. The molecule has 1 saturated carbocycles. The maximum absolute atomic E-state index is 12.1. The van der Waals surface area contributed by atoms with Gasteiger partial charge in [0.05, 0.1) is 6.42 Å². The van der Waals surface area contributed by atoms with Crippen LogP contribution < -0.4 is 0 Å². The highest BCUT2D eigenvalue weighted by atomic mass is 32.2. The Kier molecular flexibility index (Phi) is 3.62. The molecule has 0 aromatic heterocycles. The summed E-state index contributed by atoms with van der Waals surface area (Å²) in [6, 6.07) is 10.0. The monoisotopic (exact) mass is 252 g/mol. The molecular weight excluding hydrogens is 236 g/mol. The Morgan fingerprint density at radius 2 is 2.12 bits per heavy atom. The average Bonchev–Trinajstić information content (AvgIpc) is 3.08. The van der Waals surface area contributed by atoms with Gasteiger partial charge in [-0.25, -0.2) is 0 Å². The van der Waals surface area contributed by atoms with Gasteiger partial charge in [-0.1, -0.05) is 37.3 Å². The highest BCUT2D eigenvalue weighted by molar-refractivity contribution is 7.86. The zero-order valence-electron chi connectivity index (χ0n) is 9.70. The predicted octanol–water partition coefficient (Wildman–Crippen LogP) is 2.15. The molecule has 0 amide bonds. The molecule has 3 nitrogen and oxygen atoms in total. The van der Waals surface area contributed by atoms with Crippen molar-refractivity contribution in [3.63, 3.8) is 0 Å². The fourth-order valence-electron chi connectivity index (χ4n) is 2.11. The minimum absolute atomic E-state index is 0.00930. The molecule has 0 bridgehead atoms.